The summed E-state index contributed by atoms with van der Waals surface area (Å²) in [5.41, 5.74) is 5.33. The number of fused-ring (bicyclic) bond motifs is 1. The molecule has 0 radical (unpaired) electrons. The van der Waals surface area contributed by atoms with E-state index < -0.39 is 15.1 Å². The molecule has 10 heteroatoms. The summed E-state index contributed by atoms with van der Waals surface area (Å²) in [7, 11) is -3.51. The van der Waals surface area contributed by atoms with Crippen LogP contribution in [0.15, 0.2) is 70.8 Å². The number of sulfone groups is 1. The molecule has 0 unspecified atom stereocenters. The molecule has 0 aliphatic carbocycles. The summed E-state index contributed by atoms with van der Waals surface area (Å²) in [5.74, 6) is 0.554. The SMILES string of the molecule is Cc1ccc(F)cc1/C=N/Nc1cc(Nc2ccccc2S(=O)(=O)C(C)C)n2nccc2n1. The van der Waals surface area contributed by atoms with Crippen molar-refractivity contribution < 1.29 is 12.8 Å². The van der Waals surface area contributed by atoms with Gasteiger partial charge in [-0.15, -0.1) is 0 Å². The fourth-order valence-corrected chi connectivity index (χ4v) is 4.39. The van der Waals surface area contributed by atoms with Gasteiger partial charge in [0, 0.05) is 17.7 Å². The first-order valence-corrected chi connectivity index (χ1v) is 11.8. The Morgan fingerprint density at radius 1 is 1.12 bits per heavy atom. The van der Waals surface area contributed by atoms with Crippen LogP contribution in [-0.2, 0) is 9.84 Å². The number of hydrazone groups is 1. The van der Waals surface area contributed by atoms with Crippen molar-refractivity contribution in [3.8, 4) is 0 Å². The number of nitrogens with one attached hydrogen (secondary N) is 2. The van der Waals surface area contributed by atoms with Gasteiger partial charge in [0.2, 0.25) is 0 Å². The molecule has 0 bridgehead atoms. The Labute approximate surface area is 191 Å². The first-order chi connectivity index (χ1) is 15.8. The highest BCUT2D eigenvalue weighted by Crippen LogP contribution is 2.28. The van der Waals surface area contributed by atoms with Gasteiger partial charge in [0.25, 0.3) is 0 Å². The first-order valence-electron chi connectivity index (χ1n) is 10.3. The molecule has 0 spiro atoms. The average molecular weight is 467 g/mol. The van der Waals surface area contributed by atoms with E-state index in [0.717, 1.165) is 5.56 Å². The van der Waals surface area contributed by atoms with Gasteiger partial charge < -0.3 is 5.32 Å². The lowest BCUT2D eigenvalue weighted by Crippen LogP contribution is -2.16. The minimum Gasteiger partial charge on any atom is -0.339 e. The van der Waals surface area contributed by atoms with Gasteiger partial charge in [-0.2, -0.15) is 14.7 Å². The molecule has 2 aromatic heterocycles. The van der Waals surface area contributed by atoms with Crippen molar-refractivity contribution >= 4 is 39.0 Å². The second-order valence-electron chi connectivity index (χ2n) is 7.71. The van der Waals surface area contributed by atoms with Crippen LogP contribution in [0.3, 0.4) is 0 Å². The molecular formula is C23H23FN6O2S. The van der Waals surface area contributed by atoms with E-state index in [2.05, 4.69) is 25.9 Å². The van der Waals surface area contributed by atoms with Gasteiger partial charge in [-0.05, 0) is 50.6 Å². The van der Waals surface area contributed by atoms with Crippen LogP contribution in [0.1, 0.15) is 25.0 Å². The summed E-state index contributed by atoms with van der Waals surface area (Å²) in [5, 5.41) is 11.0. The first kappa shape index (κ1) is 22.4. The Morgan fingerprint density at radius 3 is 2.70 bits per heavy atom. The normalized spacial score (nSPS) is 12.0. The largest absolute Gasteiger partial charge is 0.339 e. The third-order valence-electron chi connectivity index (χ3n) is 5.06. The molecule has 170 valence electrons. The van der Waals surface area contributed by atoms with Crippen molar-refractivity contribution in [1.29, 1.82) is 0 Å². The lowest BCUT2D eigenvalue weighted by atomic mass is 10.1. The molecule has 0 atom stereocenters. The lowest BCUT2D eigenvalue weighted by Gasteiger charge is -2.15. The third kappa shape index (κ3) is 4.70. The number of nitrogens with zero attached hydrogens (tertiary/aromatic N) is 4. The Bertz CT molecular complexity index is 1450. The number of benzene rings is 2. The maximum Gasteiger partial charge on any atom is 0.182 e. The van der Waals surface area contributed by atoms with E-state index in [0.29, 0.717) is 28.5 Å². The molecule has 2 heterocycles. The maximum absolute atomic E-state index is 13.5. The Morgan fingerprint density at radius 2 is 1.91 bits per heavy atom. The summed E-state index contributed by atoms with van der Waals surface area (Å²) < 4.78 is 40.7. The molecule has 2 aromatic carbocycles. The quantitative estimate of drug-likeness (QED) is 0.306. The summed E-state index contributed by atoms with van der Waals surface area (Å²) in [6.07, 6.45) is 3.10. The van der Waals surface area contributed by atoms with E-state index in [1.54, 1.807) is 67.0 Å². The molecule has 0 saturated carbocycles. The van der Waals surface area contributed by atoms with E-state index in [4.69, 9.17) is 0 Å². The lowest BCUT2D eigenvalue weighted by molar-refractivity contribution is 0.587. The predicted molar refractivity (Wildman–Crippen MR) is 127 cm³/mol. The molecule has 0 aliphatic heterocycles. The van der Waals surface area contributed by atoms with Gasteiger partial charge in [-0.25, -0.2) is 17.8 Å². The van der Waals surface area contributed by atoms with Crippen LogP contribution in [0.5, 0.6) is 0 Å². The molecule has 0 aliphatic rings. The van der Waals surface area contributed by atoms with Crippen molar-refractivity contribution in [3.05, 3.63) is 77.7 Å². The number of halogens is 1. The van der Waals surface area contributed by atoms with Crippen molar-refractivity contribution in [2.24, 2.45) is 5.10 Å². The Hall–Kier alpha value is -3.79. The van der Waals surface area contributed by atoms with Gasteiger partial charge >= 0.3 is 0 Å². The number of para-hydroxylation sites is 1. The smallest absolute Gasteiger partial charge is 0.182 e. The molecule has 8 nitrogen and oxygen atoms in total. The van der Waals surface area contributed by atoms with Crippen molar-refractivity contribution in [1.82, 2.24) is 14.6 Å². The number of hydrogen-bond acceptors (Lipinski definition) is 7. The van der Waals surface area contributed by atoms with Gasteiger partial charge in [-0.3, -0.25) is 5.43 Å². The standard InChI is InChI=1S/C23H23FN6O2S/c1-15(2)33(31,32)20-7-5-4-6-19(20)27-23-13-21(28-22-10-11-26-30(22)23)29-25-14-17-12-18(24)9-8-16(17)3/h4-15,27H,1-3H3,(H,28,29)/b25-14+. The Kier molecular flexibility index (Phi) is 6.10. The number of rotatable bonds is 7. The number of hydrogen-bond donors (Lipinski definition) is 2. The highest BCUT2D eigenvalue weighted by Gasteiger charge is 2.23. The van der Waals surface area contributed by atoms with Crippen molar-refractivity contribution in [2.45, 2.75) is 30.9 Å². The summed E-state index contributed by atoms with van der Waals surface area (Å²) in [6.45, 7) is 5.15. The topological polar surface area (TPSA) is 101 Å². The van der Waals surface area contributed by atoms with E-state index in [9.17, 15) is 12.8 Å². The molecule has 0 saturated heterocycles. The zero-order chi connectivity index (χ0) is 23.6. The van der Waals surface area contributed by atoms with E-state index in [1.165, 1.54) is 18.3 Å². The van der Waals surface area contributed by atoms with Crippen LogP contribution in [0.4, 0.5) is 21.7 Å². The van der Waals surface area contributed by atoms with Crippen LogP contribution in [0.25, 0.3) is 5.65 Å². The predicted octanol–water partition coefficient (Wildman–Crippen LogP) is 4.55. The second-order valence-corrected chi connectivity index (χ2v) is 10.2. The third-order valence-corrected chi connectivity index (χ3v) is 7.27. The van der Waals surface area contributed by atoms with E-state index >= 15 is 0 Å². The van der Waals surface area contributed by atoms with Crippen molar-refractivity contribution in [2.75, 3.05) is 10.7 Å². The van der Waals surface area contributed by atoms with Crippen LogP contribution >= 0.6 is 0 Å². The number of aromatic nitrogens is 3. The summed E-state index contributed by atoms with van der Waals surface area (Å²) >= 11 is 0. The number of anilines is 3. The van der Waals surface area contributed by atoms with Gasteiger partial charge in [0.15, 0.2) is 21.3 Å². The van der Waals surface area contributed by atoms with Gasteiger partial charge in [0.05, 0.1) is 28.2 Å². The van der Waals surface area contributed by atoms with Crippen LogP contribution in [0, 0.1) is 12.7 Å². The maximum atomic E-state index is 13.5. The van der Waals surface area contributed by atoms with Crippen LogP contribution < -0.4 is 10.7 Å². The average Bonchev–Trinajstić information content (AvgIpc) is 3.25. The fourth-order valence-electron chi connectivity index (χ4n) is 3.19. The van der Waals surface area contributed by atoms with E-state index in [1.807, 2.05) is 6.92 Å². The summed E-state index contributed by atoms with van der Waals surface area (Å²) in [4.78, 5) is 4.65. The minimum absolute atomic E-state index is 0.200. The highest BCUT2D eigenvalue weighted by molar-refractivity contribution is 7.92. The van der Waals surface area contributed by atoms with E-state index in [-0.39, 0.29) is 10.7 Å². The van der Waals surface area contributed by atoms with Gasteiger partial charge in [-0.1, -0.05) is 18.2 Å². The monoisotopic (exact) mass is 466 g/mol. The molecule has 0 fully saturated rings. The fraction of sp³-hybridized carbons (Fsp3) is 0.174. The van der Waals surface area contributed by atoms with Crippen molar-refractivity contribution in [3.63, 3.8) is 0 Å². The number of aryl methyl sites for hydroxylation is 1. The highest BCUT2D eigenvalue weighted by atomic mass is 32.2. The zero-order valence-electron chi connectivity index (χ0n) is 18.3. The second kappa shape index (κ2) is 8.99. The minimum atomic E-state index is -3.51. The van der Waals surface area contributed by atoms with Gasteiger partial charge in [0.1, 0.15) is 11.6 Å². The Balaban J connectivity index is 1.67. The molecule has 4 rings (SSSR count). The zero-order valence-corrected chi connectivity index (χ0v) is 19.1. The molecule has 4 aromatic rings. The summed E-state index contributed by atoms with van der Waals surface area (Å²) in [6, 6.07) is 14.6. The molecule has 0 amide bonds. The molecular weight excluding hydrogens is 443 g/mol. The van der Waals surface area contributed by atoms with Crippen LogP contribution in [0.2, 0.25) is 0 Å². The molecule has 33 heavy (non-hydrogen) atoms. The molecule has 2 N–H and O–H groups in total. The van der Waals surface area contributed by atoms with Crippen LogP contribution in [-0.4, -0.2) is 34.5 Å².